The summed E-state index contributed by atoms with van der Waals surface area (Å²) in [5.74, 6) is 1.53. The zero-order valence-corrected chi connectivity index (χ0v) is 28.9. The molecule has 0 aromatic heterocycles. The van der Waals surface area contributed by atoms with E-state index in [-0.39, 0.29) is 48.0 Å². The van der Waals surface area contributed by atoms with Gasteiger partial charge < -0.3 is 29.8 Å². The molecule has 2 saturated heterocycles. The summed E-state index contributed by atoms with van der Waals surface area (Å²) in [6, 6.07) is 20.0. The normalized spacial score (nSPS) is 42.6. The summed E-state index contributed by atoms with van der Waals surface area (Å²) >= 11 is 0. The molecular formula is C44H48N4O2. The Kier molecular flexibility index (Phi) is 6.11. The lowest BCUT2D eigenvalue weighted by Gasteiger charge is -2.59. The predicted molar refractivity (Wildman–Crippen MR) is 198 cm³/mol. The van der Waals surface area contributed by atoms with Crippen LogP contribution in [-0.2, 0) is 10.8 Å². The summed E-state index contributed by atoms with van der Waals surface area (Å²) in [6.45, 7) is 10.1. The maximum absolute atomic E-state index is 10.5. The number of fused-ring (bicyclic) bond motifs is 8. The van der Waals surface area contributed by atoms with Crippen LogP contribution in [0, 0.1) is 23.7 Å². The molecule has 2 spiro atoms. The maximum atomic E-state index is 10.5. The molecule has 2 aromatic carbocycles. The smallest absolute Gasteiger partial charge is 0.0670 e. The lowest BCUT2D eigenvalue weighted by molar-refractivity contribution is 0.0738. The molecule has 6 heteroatoms. The molecule has 10 atom stereocenters. The van der Waals surface area contributed by atoms with E-state index in [1.54, 1.807) is 0 Å². The highest BCUT2D eigenvalue weighted by Gasteiger charge is 2.71. The molecule has 4 saturated carbocycles. The number of rotatable bonds is 6. The number of benzene rings is 2. The summed E-state index contributed by atoms with van der Waals surface area (Å²) in [7, 11) is 0. The van der Waals surface area contributed by atoms with Gasteiger partial charge in [0.05, 0.1) is 25.3 Å². The number of anilines is 2. The molecule has 11 rings (SSSR count). The van der Waals surface area contributed by atoms with Crippen molar-refractivity contribution in [2.45, 2.75) is 73.5 Å². The maximum Gasteiger partial charge on any atom is 0.0670 e. The van der Waals surface area contributed by atoms with E-state index in [1.165, 1.54) is 45.0 Å². The molecule has 4 aliphatic carbocycles. The standard InChI is InChI=1S/C44H48N4O2/c1-3-19-45-35(15-21-49)27-23-33-39(45)13-17-43(33)31-9-5-7-11-37(31)48-26-30-28-24-34-40(46(20-4-2)36(28)16-22-50)14-18-44(34)32-10-6-8-12-38(32)47(42(30)44)25-29(27)41(43)48/h3-12,15-16,25-28,33-34,39-42,49-50H,1-2,13-14,17-24H2/b29-25-,30-26-,35-15-,36-16-/t27-,28-,33-,34-,39-,40-,41?,42?,43-,44-/m1/s1. The van der Waals surface area contributed by atoms with Gasteiger partial charge in [0.25, 0.3) is 0 Å². The van der Waals surface area contributed by atoms with Crippen LogP contribution in [-0.4, -0.2) is 70.5 Å². The highest BCUT2D eigenvalue weighted by molar-refractivity contribution is 5.77. The van der Waals surface area contributed by atoms with E-state index in [4.69, 9.17) is 0 Å². The Morgan fingerprint density at radius 1 is 0.660 bits per heavy atom. The Morgan fingerprint density at radius 2 is 1.10 bits per heavy atom. The monoisotopic (exact) mass is 664 g/mol. The van der Waals surface area contributed by atoms with Crippen LogP contribution in [0.1, 0.15) is 49.7 Å². The molecule has 2 N–H and O–H groups in total. The van der Waals surface area contributed by atoms with Crippen molar-refractivity contribution in [1.82, 2.24) is 9.80 Å². The highest BCUT2D eigenvalue weighted by Crippen LogP contribution is 2.71. The van der Waals surface area contributed by atoms with Crippen LogP contribution in [0.3, 0.4) is 0 Å². The first kappa shape index (κ1) is 29.7. The van der Waals surface area contributed by atoms with Crippen LogP contribution >= 0.6 is 0 Å². The van der Waals surface area contributed by atoms with Gasteiger partial charge in [-0.1, -0.05) is 48.6 Å². The Morgan fingerprint density at radius 3 is 1.52 bits per heavy atom. The van der Waals surface area contributed by atoms with Gasteiger partial charge >= 0.3 is 0 Å². The van der Waals surface area contributed by atoms with Crippen molar-refractivity contribution in [2.24, 2.45) is 23.7 Å². The molecule has 9 aliphatic rings. The van der Waals surface area contributed by atoms with E-state index in [1.807, 2.05) is 0 Å². The number of nitrogens with zero attached hydrogens (tertiary/aromatic N) is 4. The molecule has 50 heavy (non-hydrogen) atoms. The SMILES string of the molecule is C=CCN1/C(=C\CO)[C@@H]2C[C@@H]3[C@H]1CC[C@@]31c3ccccc3N3/C=C4\C5N(/C=C/2C31)c1ccccc1[C@@]51CC[C@@H]2[C@H]1C[C@H]4/C(=C/CO)N2CC=C. The minimum Gasteiger partial charge on any atom is -0.392 e. The van der Waals surface area contributed by atoms with Gasteiger partial charge in [-0.05, 0) is 96.9 Å². The van der Waals surface area contributed by atoms with Crippen LogP contribution in [0.2, 0.25) is 0 Å². The van der Waals surface area contributed by atoms with Crippen molar-refractivity contribution >= 4 is 11.4 Å². The Bertz CT molecular complexity index is 1820. The molecule has 2 unspecified atom stereocenters. The fourth-order valence-electron chi connectivity index (χ4n) is 14.2. The van der Waals surface area contributed by atoms with E-state index in [0.29, 0.717) is 23.9 Å². The topological polar surface area (TPSA) is 53.4 Å². The second kappa shape index (κ2) is 10.3. The van der Waals surface area contributed by atoms with Gasteiger partial charge in [0.2, 0.25) is 0 Å². The summed E-state index contributed by atoms with van der Waals surface area (Å²) in [4.78, 5) is 10.8. The fraction of sp³-hybridized carbons (Fsp3) is 0.455. The van der Waals surface area contributed by atoms with Gasteiger partial charge in [-0.15, -0.1) is 13.2 Å². The molecule has 5 heterocycles. The number of hydrogen-bond acceptors (Lipinski definition) is 6. The number of likely N-dealkylation sites (tertiary alicyclic amines) is 2. The molecule has 4 bridgehead atoms. The van der Waals surface area contributed by atoms with Crippen LogP contribution in [0.5, 0.6) is 0 Å². The van der Waals surface area contributed by atoms with Crippen molar-refractivity contribution in [3.8, 4) is 0 Å². The number of hydrogen-bond donors (Lipinski definition) is 2. The van der Waals surface area contributed by atoms with E-state index in [9.17, 15) is 10.2 Å². The molecule has 6 nitrogen and oxygen atoms in total. The van der Waals surface area contributed by atoms with Crippen molar-refractivity contribution in [1.29, 1.82) is 0 Å². The minimum absolute atomic E-state index is 0.0233. The summed E-state index contributed by atoms with van der Waals surface area (Å²) in [5, 5.41) is 21.0. The first-order valence-corrected chi connectivity index (χ1v) is 19.2. The molecule has 5 aliphatic heterocycles. The van der Waals surface area contributed by atoms with E-state index in [2.05, 4.69) is 118 Å². The van der Waals surface area contributed by atoms with Gasteiger partial charge in [0, 0.05) is 83.0 Å². The largest absolute Gasteiger partial charge is 0.392 e. The fourth-order valence-corrected chi connectivity index (χ4v) is 14.2. The molecule has 2 aromatic rings. The number of para-hydroxylation sites is 2. The summed E-state index contributed by atoms with van der Waals surface area (Å²) < 4.78 is 0. The van der Waals surface area contributed by atoms with Crippen LogP contribution < -0.4 is 9.80 Å². The van der Waals surface area contributed by atoms with Gasteiger partial charge in [0.15, 0.2) is 0 Å². The average Bonchev–Trinajstić information content (AvgIpc) is 3.86. The Balaban J connectivity index is 1.22. The third-order valence-corrected chi connectivity index (χ3v) is 15.3. The number of aliphatic hydroxyl groups excluding tert-OH is 2. The van der Waals surface area contributed by atoms with Crippen molar-refractivity contribution in [3.63, 3.8) is 0 Å². The summed E-state index contributed by atoms with van der Waals surface area (Å²) in [6.07, 6.45) is 20.6. The molecule has 6 fully saturated rings. The van der Waals surface area contributed by atoms with Crippen molar-refractivity contribution in [3.05, 3.63) is 132 Å². The zero-order valence-electron chi connectivity index (χ0n) is 28.9. The molecular weight excluding hydrogens is 617 g/mol. The van der Waals surface area contributed by atoms with Gasteiger partial charge in [-0.3, -0.25) is 0 Å². The second-order valence-electron chi connectivity index (χ2n) is 16.5. The van der Waals surface area contributed by atoms with Gasteiger partial charge in [-0.25, -0.2) is 0 Å². The van der Waals surface area contributed by atoms with E-state index < -0.39 is 0 Å². The van der Waals surface area contributed by atoms with Gasteiger partial charge in [0.1, 0.15) is 0 Å². The second-order valence-corrected chi connectivity index (χ2v) is 16.5. The molecule has 0 radical (unpaired) electrons. The third-order valence-electron chi connectivity index (χ3n) is 15.3. The number of piperidine rings is 2. The first-order valence-electron chi connectivity index (χ1n) is 19.2. The lowest BCUT2D eigenvalue weighted by atomic mass is 9.54. The Hall–Kier alpha value is -4.00. The number of allylic oxidation sites excluding steroid dienone is 2. The lowest BCUT2D eigenvalue weighted by Crippen LogP contribution is -2.63. The minimum atomic E-state index is 0.0233. The predicted octanol–water partition coefficient (Wildman–Crippen LogP) is 6.37. The van der Waals surface area contributed by atoms with Crippen molar-refractivity contribution in [2.75, 3.05) is 36.1 Å². The number of aliphatic hydroxyl groups is 2. The highest BCUT2D eigenvalue weighted by atomic mass is 16.3. The molecule has 0 amide bonds. The first-order chi connectivity index (χ1) is 24.6. The average molecular weight is 665 g/mol. The van der Waals surface area contributed by atoms with E-state index >= 15 is 0 Å². The zero-order chi connectivity index (χ0) is 33.5. The van der Waals surface area contributed by atoms with Crippen LogP contribution in [0.4, 0.5) is 11.4 Å². The summed E-state index contributed by atoms with van der Waals surface area (Å²) in [5.41, 5.74) is 11.5. The van der Waals surface area contributed by atoms with Gasteiger partial charge in [-0.2, -0.15) is 0 Å². The van der Waals surface area contributed by atoms with E-state index in [0.717, 1.165) is 51.6 Å². The quantitative estimate of drug-likeness (QED) is 0.350. The van der Waals surface area contributed by atoms with Crippen molar-refractivity contribution < 1.29 is 10.2 Å². The Labute approximate surface area is 296 Å². The molecule has 256 valence electrons. The third kappa shape index (κ3) is 3.26. The van der Waals surface area contributed by atoms with Crippen LogP contribution in [0.25, 0.3) is 0 Å². The van der Waals surface area contributed by atoms with Crippen LogP contribution in [0.15, 0.2) is 121 Å².